The number of hydrogen-bond acceptors (Lipinski definition) is 7. The van der Waals surface area contributed by atoms with Crippen molar-refractivity contribution in [3.63, 3.8) is 0 Å². The zero-order valence-electron chi connectivity index (χ0n) is 24.5. The number of carboxylic acids is 1. The lowest BCUT2D eigenvalue weighted by atomic mass is 9.85. The average Bonchev–Trinajstić information content (AvgIpc) is 3.71. The van der Waals surface area contributed by atoms with Crippen LogP contribution in [0.5, 0.6) is 5.75 Å². The van der Waals surface area contributed by atoms with Gasteiger partial charge in [-0.3, -0.25) is 9.59 Å². The maximum Gasteiger partial charge on any atom is 0.307 e. The van der Waals surface area contributed by atoms with Crippen molar-refractivity contribution >= 4 is 28.3 Å². The molecule has 1 saturated carbocycles. The molecule has 3 fully saturated rings. The number of anilines is 1. The Balaban J connectivity index is 1.14. The minimum absolute atomic E-state index is 0.0492. The number of aromatic nitrogens is 1. The van der Waals surface area contributed by atoms with Gasteiger partial charge in [0, 0.05) is 49.3 Å². The Morgan fingerprint density at radius 2 is 1.83 bits per heavy atom. The van der Waals surface area contributed by atoms with Crippen molar-refractivity contribution < 1.29 is 24.2 Å². The zero-order valence-corrected chi connectivity index (χ0v) is 25.4. The van der Waals surface area contributed by atoms with Crippen LogP contribution in [0.2, 0.25) is 0 Å². The van der Waals surface area contributed by atoms with Gasteiger partial charge in [0.25, 0.3) is 5.91 Å². The molecule has 0 spiro atoms. The van der Waals surface area contributed by atoms with Gasteiger partial charge >= 0.3 is 5.97 Å². The maximum absolute atomic E-state index is 13.1. The van der Waals surface area contributed by atoms with Crippen molar-refractivity contribution in [2.24, 2.45) is 17.8 Å². The number of likely N-dealkylation sites (tertiary alicyclic amines) is 1. The number of rotatable bonds is 9. The molecule has 222 valence electrons. The van der Waals surface area contributed by atoms with Crippen LogP contribution in [0, 0.1) is 31.6 Å². The van der Waals surface area contributed by atoms with Crippen LogP contribution in [0.25, 0.3) is 11.3 Å². The number of ether oxygens (including phenoxy) is 2. The molecule has 3 aromatic rings. The van der Waals surface area contributed by atoms with Gasteiger partial charge in [0.1, 0.15) is 12.4 Å². The number of benzene rings is 2. The van der Waals surface area contributed by atoms with Gasteiger partial charge in [0.2, 0.25) is 0 Å². The van der Waals surface area contributed by atoms with Crippen LogP contribution in [0.1, 0.15) is 53.2 Å². The van der Waals surface area contributed by atoms with Gasteiger partial charge in [0.15, 0.2) is 5.13 Å². The van der Waals surface area contributed by atoms with Crippen LogP contribution in [0.15, 0.2) is 41.8 Å². The van der Waals surface area contributed by atoms with E-state index in [1.807, 2.05) is 49.1 Å². The molecular formula is C33H39N3O5S. The lowest BCUT2D eigenvalue weighted by Crippen LogP contribution is -2.44. The highest BCUT2D eigenvalue weighted by Gasteiger charge is 2.46. The molecule has 2 bridgehead atoms. The number of fused-ring (bicyclic) bond motifs is 2. The Morgan fingerprint density at radius 1 is 1.05 bits per heavy atom. The van der Waals surface area contributed by atoms with E-state index >= 15 is 0 Å². The first-order chi connectivity index (χ1) is 20.3. The molecule has 2 aliphatic heterocycles. The van der Waals surface area contributed by atoms with Crippen molar-refractivity contribution in [3.8, 4) is 17.0 Å². The van der Waals surface area contributed by atoms with Crippen LogP contribution < -0.4 is 9.64 Å². The highest BCUT2D eigenvalue weighted by Crippen LogP contribution is 2.44. The molecule has 6 rings (SSSR count). The van der Waals surface area contributed by atoms with Gasteiger partial charge in [-0.15, -0.1) is 11.3 Å². The number of hydrogen-bond donors (Lipinski definition) is 1. The van der Waals surface area contributed by atoms with Crippen molar-refractivity contribution in [1.82, 2.24) is 9.88 Å². The summed E-state index contributed by atoms with van der Waals surface area (Å²) >= 11 is 1.61. The summed E-state index contributed by atoms with van der Waals surface area (Å²) < 4.78 is 12.1. The molecule has 2 aromatic carbocycles. The van der Waals surface area contributed by atoms with Crippen LogP contribution in [-0.2, 0) is 16.1 Å². The van der Waals surface area contributed by atoms with Gasteiger partial charge in [-0.25, -0.2) is 4.98 Å². The molecule has 3 heterocycles. The van der Waals surface area contributed by atoms with E-state index in [1.165, 1.54) is 0 Å². The topological polar surface area (TPSA) is 92.2 Å². The number of aryl methyl sites for hydroxylation is 2. The van der Waals surface area contributed by atoms with Gasteiger partial charge < -0.3 is 24.4 Å². The fourth-order valence-corrected chi connectivity index (χ4v) is 7.74. The smallest absolute Gasteiger partial charge is 0.307 e. The first-order valence-electron chi connectivity index (χ1n) is 15.0. The molecule has 8 nitrogen and oxygen atoms in total. The molecule has 3 aliphatic rings. The molecule has 2 saturated heterocycles. The fourth-order valence-electron chi connectivity index (χ4n) is 6.90. The Kier molecular flexibility index (Phi) is 8.23. The van der Waals surface area contributed by atoms with Gasteiger partial charge in [0.05, 0.1) is 17.7 Å². The molecule has 9 heteroatoms. The third-order valence-corrected chi connectivity index (χ3v) is 10.0. The lowest BCUT2D eigenvalue weighted by Gasteiger charge is -2.35. The monoisotopic (exact) mass is 589 g/mol. The van der Waals surface area contributed by atoms with E-state index < -0.39 is 5.97 Å². The third-order valence-electron chi connectivity index (χ3n) is 9.10. The Morgan fingerprint density at radius 3 is 2.55 bits per heavy atom. The molecule has 4 atom stereocenters. The van der Waals surface area contributed by atoms with E-state index in [-0.39, 0.29) is 29.8 Å². The van der Waals surface area contributed by atoms with E-state index in [2.05, 4.69) is 23.3 Å². The van der Waals surface area contributed by atoms with E-state index in [1.54, 1.807) is 11.3 Å². The lowest BCUT2D eigenvalue weighted by molar-refractivity contribution is -0.144. The Hall–Kier alpha value is -3.43. The number of thiazole rings is 1. The molecular weight excluding hydrogens is 550 g/mol. The molecule has 1 aliphatic carbocycles. The summed E-state index contributed by atoms with van der Waals surface area (Å²) in [6.45, 7) is 9.99. The summed E-state index contributed by atoms with van der Waals surface area (Å²) in [6, 6.07) is 12.0. The second kappa shape index (κ2) is 12.1. The van der Waals surface area contributed by atoms with Crippen molar-refractivity contribution in [2.75, 3.05) is 37.7 Å². The van der Waals surface area contributed by atoms with Crippen molar-refractivity contribution in [3.05, 3.63) is 64.0 Å². The number of piperidine rings is 1. The first-order valence-corrected chi connectivity index (χ1v) is 15.9. The van der Waals surface area contributed by atoms with E-state index in [9.17, 15) is 14.7 Å². The zero-order chi connectivity index (χ0) is 29.4. The number of nitrogens with zero attached hydrogens (tertiary/aromatic N) is 3. The minimum Gasteiger partial charge on any atom is -0.488 e. The number of carbonyl (C=O) groups excluding carboxylic acids is 1. The standard InChI is InChI=1S/C33H39N3O5S/c1-4-40-26-11-12-35(17-26)31(37)22-6-9-25(21(3)14-22)18-41-29-10-5-20(2)13-27(29)28-19-42-33(34-28)36-15-23-7-8-24(16-36)30(23)32(38)39/h5-6,9-10,13-14,19,23-24,26,30H,4,7-8,11-12,15-18H2,1-3H3,(H,38,39)/t23-,24?,26?,30+/m1/s1. The Labute approximate surface area is 251 Å². The number of aliphatic carboxylic acids is 1. The largest absolute Gasteiger partial charge is 0.488 e. The summed E-state index contributed by atoms with van der Waals surface area (Å²) in [5.41, 5.74) is 5.69. The summed E-state index contributed by atoms with van der Waals surface area (Å²) in [6.07, 6.45) is 2.97. The van der Waals surface area contributed by atoms with E-state index in [0.717, 1.165) is 77.7 Å². The van der Waals surface area contributed by atoms with Crippen molar-refractivity contribution in [1.29, 1.82) is 0 Å². The molecule has 2 unspecified atom stereocenters. The predicted octanol–water partition coefficient (Wildman–Crippen LogP) is 5.80. The minimum atomic E-state index is -0.651. The van der Waals surface area contributed by atoms with Crippen LogP contribution in [0.4, 0.5) is 5.13 Å². The second-order valence-electron chi connectivity index (χ2n) is 11.9. The molecule has 1 aromatic heterocycles. The fraction of sp³-hybridized carbons (Fsp3) is 0.485. The van der Waals surface area contributed by atoms with Gasteiger partial charge in [-0.05, 0) is 87.3 Å². The summed E-state index contributed by atoms with van der Waals surface area (Å²) in [5.74, 6) is 0.328. The predicted molar refractivity (Wildman–Crippen MR) is 163 cm³/mol. The summed E-state index contributed by atoms with van der Waals surface area (Å²) in [4.78, 5) is 34.0. The molecule has 1 N–H and O–H groups in total. The number of carboxylic acid groups (broad SMARTS) is 1. The second-order valence-corrected chi connectivity index (χ2v) is 12.8. The normalized spacial score (nSPS) is 23.4. The Bertz CT molecular complexity index is 1460. The SMILES string of the molecule is CCOC1CCN(C(=O)c2ccc(COc3ccc(C)cc3-c3csc(N4CC5CC[C@H](C4)[C@@H]5C(=O)O)n3)c(C)c2)C1. The van der Waals surface area contributed by atoms with E-state index in [4.69, 9.17) is 14.5 Å². The summed E-state index contributed by atoms with van der Waals surface area (Å²) in [5, 5.41) is 12.7. The average molecular weight is 590 g/mol. The molecule has 0 radical (unpaired) electrons. The highest BCUT2D eigenvalue weighted by atomic mass is 32.1. The van der Waals surface area contributed by atoms with Crippen molar-refractivity contribution in [2.45, 2.75) is 52.7 Å². The van der Waals surface area contributed by atoms with Gasteiger partial charge in [-0.1, -0.05) is 17.7 Å². The van der Waals surface area contributed by atoms with Crippen LogP contribution in [0.3, 0.4) is 0 Å². The maximum atomic E-state index is 13.1. The number of amides is 1. The summed E-state index contributed by atoms with van der Waals surface area (Å²) in [7, 11) is 0. The highest BCUT2D eigenvalue weighted by molar-refractivity contribution is 7.14. The number of carbonyl (C=O) groups is 2. The van der Waals surface area contributed by atoms with Crippen LogP contribution in [-0.4, -0.2) is 65.8 Å². The molecule has 1 amide bonds. The van der Waals surface area contributed by atoms with E-state index in [0.29, 0.717) is 25.3 Å². The molecule has 42 heavy (non-hydrogen) atoms. The first kappa shape index (κ1) is 28.7. The van der Waals surface area contributed by atoms with Gasteiger partial charge in [-0.2, -0.15) is 0 Å². The van der Waals surface area contributed by atoms with Crippen LogP contribution >= 0.6 is 11.3 Å². The third kappa shape index (κ3) is 5.77. The quantitative estimate of drug-likeness (QED) is 0.337.